The van der Waals surface area contributed by atoms with Gasteiger partial charge < -0.3 is 10.6 Å². The van der Waals surface area contributed by atoms with Crippen LogP contribution < -0.4 is 5.73 Å². The van der Waals surface area contributed by atoms with Gasteiger partial charge in [0.25, 0.3) is 5.91 Å². The maximum Gasteiger partial charge on any atom is 0.252 e. The van der Waals surface area contributed by atoms with Crippen molar-refractivity contribution in [2.75, 3.05) is 6.54 Å². The van der Waals surface area contributed by atoms with Gasteiger partial charge in [0.15, 0.2) is 0 Å². The second kappa shape index (κ2) is 8.44. The maximum atomic E-state index is 13.6. The molecular weight excluding hydrogens is 433 g/mol. The van der Waals surface area contributed by atoms with E-state index in [0.717, 1.165) is 11.1 Å². The van der Waals surface area contributed by atoms with Crippen molar-refractivity contribution in [3.63, 3.8) is 0 Å². The van der Waals surface area contributed by atoms with Gasteiger partial charge in [-0.15, -0.1) is 0 Å². The van der Waals surface area contributed by atoms with E-state index in [0.29, 0.717) is 35.6 Å². The Morgan fingerprint density at radius 3 is 2.69 bits per heavy atom. The first-order valence-corrected chi connectivity index (χ1v) is 10.3. The minimum absolute atomic E-state index is 0.0848. The van der Waals surface area contributed by atoms with Crippen molar-refractivity contribution in [1.29, 1.82) is 5.26 Å². The molecule has 162 valence electrons. The minimum atomic E-state index is -0.682. The Balaban J connectivity index is 1.61. The zero-order valence-corrected chi connectivity index (χ0v) is 18.0. The molecule has 0 aliphatic carbocycles. The zero-order valence-electron chi connectivity index (χ0n) is 17.2. The third-order valence-electron chi connectivity index (χ3n) is 5.54. The van der Waals surface area contributed by atoms with E-state index in [9.17, 15) is 14.0 Å². The molecule has 0 radical (unpaired) electrons. The summed E-state index contributed by atoms with van der Waals surface area (Å²) in [6.45, 7) is 2.82. The highest BCUT2D eigenvalue weighted by Gasteiger charge is 2.29. The molecule has 0 atom stereocenters. The van der Waals surface area contributed by atoms with Crippen LogP contribution in [0.1, 0.15) is 32.7 Å². The molecule has 2 heterocycles. The predicted molar refractivity (Wildman–Crippen MR) is 116 cm³/mol. The van der Waals surface area contributed by atoms with Gasteiger partial charge in [-0.25, -0.2) is 4.39 Å². The highest BCUT2D eigenvalue weighted by atomic mass is 35.5. The molecular formula is C23H19ClFN5O2. The topological polar surface area (TPSA) is 105 Å². The normalized spacial score (nSPS) is 12.9. The molecule has 1 aromatic heterocycles. The van der Waals surface area contributed by atoms with Crippen molar-refractivity contribution in [2.45, 2.75) is 26.4 Å². The van der Waals surface area contributed by atoms with Crippen molar-refractivity contribution >= 4 is 23.4 Å². The van der Waals surface area contributed by atoms with Gasteiger partial charge in [-0.1, -0.05) is 23.7 Å². The Kier molecular flexibility index (Phi) is 5.68. The van der Waals surface area contributed by atoms with Crippen LogP contribution >= 0.6 is 11.6 Å². The molecule has 2 aromatic carbocycles. The van der Waals surface area contributed by atoms with Crippen LogP contribution in [-0.2, 0) is 24.3 Å². The molecule has 2 amide bonds. The number of aromatic nitrogens is 2. The maximum absolute atomic E-state index is 13.6. The lowest BCUT2D eigenvalue weighted by molar-refractivity contribution is -0.132. The number of rotatable bonds is 4. The summed E-state index contributed by atoms with van der Waals surface area (Å²) in [5, 5.41) is 13.5. The Morgan fingerprint density at radius 2 is 2.03 bits per heavy atom. The fourth-order valence-corrected chi connectivity index (χ4v) is 4.06. The standard InChI is InChI=1S/C23H19ClFN5O2/c1-13-8-14(2-3-16(13)11-26)9-20(31)29-6-7-30-19(12-29)21(23(27)32)22(28-30)15-4-5-18(25)17(24)10-15/h2-5,8,10H,6-7,9,12H2,1H3,(H2,27,32). The van der Waals surface area contributed by atoms with Crippen molar-refractivity contribution in [3.05, 3.63) is 75.2 Å². The predicted octanol–water partition coefficient (Wildman–Crippen LogP) is 3.21. The Morgan fingerprint density at radius 1 is 1.25 bits per heavy atom. The molecule has 0 saturated heterocycles. The number of halogens is 2. The molecule has 2 N–H and O–H groups in total. The van der Waals surface area contributed by atoms with E-state index in [1.807, 2.05) is 13.0 Å². The van der Waals surface area contributed by atoms with Gasteiger partial charge in [-0.2, -0.15) is 10.4 Å². The van der Waals surface area contributed by atoms with E-state index in [2.05, 4.69) is 11.2 Å². The lowest BCUT2D eigenvalue weighted by atomic mass is 10.0. The summed E-state index contributed by atoms with van der Waals surface area (Å²) < 4.78 is 15.2. The number of fused-ring (bicyclic) bond motifs is 1. The van der Waals surface area contributed by atoms with Gasteiger partial charge in [-0.3, -0.25) is 14.3 Å². The molecule has 3 aromatic rings. The second-order valence-corrected chi connectivity index (χ2v) is 8.05. The van der Waals surface area contributed by atoms with Gasteiger partial charge in [-0.05, 0) is 42.3 Å². The van der Waals surface area contributed by atoms with Crippen LogP contribution in [0, 0.1) is 24.1 Å². The number of amides is 2. The van der Waals surface area contributed by atoms with E-state index in [-0.39, 0.29) is 29.5 Å². The smallest absolute Gasteiger partial charge is 0.252 e. The summed E-state index contributed by atoms with van der Waals surface area (Å²) in [4.78, 5) is 26.9. The number of carbonyl (C=O) groups is 2. The number of nitrogens with zero attached hydrogens (tertiary/aromatic N) is 4. The summed E-state index contributed by atoms with van der Waals surface area (Å²) in [6, 6.07) is 11.5. The number of primary amides is 1. The van der Waals surface area contributed by atoms with Crippen LogP contribution in [0.4, 0.5) is 4.39 Å². The lowest BCUT2D eigenvalue weighted by Gasteiger charge is -2.28. The van der Waals surface area contributed by atoms with Crippen LogP contribution in [0.25, 0.3) is 11.3 Å². The molecule has 1 aliphatic rings. The first-order valence-electron chi connectivity index (χ1n) is 9.90. The third kappa shape index (κ3) is 3.95. The van der Waals surface area contributed by atoms with Crippen molar-refractivity contribution in [2.24, 2.45) is 5.73 Å². The van der Waals surface area contributed by atoms with Gasteiger partial charge in [0.1, 0.15) is 11.5 Å². The van der Waals surface area contributed by atoms with Crippen LogP contribution in [-0.4, -0.2) is 33.0 Å². The average Bonchev–Trinajstić information content (AvgIpc) is 3.14. The van der Waals surface area contributed by atoms with Crippen LogP contribution in [0.2, 0.25) is 5.02 Å². The van der Waals surface area contributed by atoms with Crippen molar-refractivity contribution in [3.8, 4) is 17.3 Å². The Labute approximate surface area is 188 Å². The lowest BCUT2D eigenvalue weighted by Crippen LogP contribution is -2.40. The van der Waals surface area contributed by atoms with Gasteiger partial charge in [0, 0.05) is 12.1 Å². The summed E-state index contributed by atoms with van der Waals surface area (Å²) in [5.41, 5.74) is 9.35. The highest BCUT2D eigenvalue weighted by molar-refractivity contribution is 6.31. The highest BCUT2D eigenvalue weighted by Crippen LogP contribution is 2.30. The van der Waals surface area contributed by atoms with Crippen molar-refractivity contribution < 1.29 is 14.0 Å². The molecule has 0 saturated carbocycles. The molecule has 0 unspecified atom stereocenters. The fourth-order valence-electron chi connectivity index (χ4n) is 3.88. The first kappa shape index (κ1) is 21.5. The molecule has 9 heteroatoms. The third-order valence-corrected chi connectivity index (χ3v) is 5.83. The second-order valence-electron chi connectivity index (χ2n) is 7.64. The number of carbonyl (C=O) groups excluding carboxylic acids is 2. The SMILES string of the molecule is Cc1cc(CC(=O)N2CCn3nc(-c4ccc(F)c(Cl)c4)c(C(N)=O)c3C2)ccc1C#N. The molecule has 0 fully saturated rings. The number of nitrogens with two attached hydrogens (primary N) is 1. The molecule has 0 spiro atoms. The van der Waals surface area contributed by atoms with E-state index in [1.165, 1.54) is 18.2 Å². The fraction of sp³-hybridized carbons (Fsp3) is 0.217. The number of benzene rings is 2. The van der Waals surface area contributed by atoms with E-state index < -0.39 is 11.7 Å². The van der Waals surface area contributed by atoms with Crippen LogP contribution in [0.5, 0.6) is 0 Å². The zero-order chi connectivity index (χ0) is 23.0. The van der Waals surface area contributed by atoms with Crippen LogP contribution in [0.3, 0.4) is 0 Å². The van der Waals surface area contributed by atoms with Gasteiger partial charge >= 0.3 is 0 Å². The number of hydrogen-bond donors (Lipinski definition) is 1. The largest absolute Gasteiger partial charge is 0.365 e. The number of aryl methyl sites for hydroxylation is 1. The summed E-state index contributed by atoms with van der Waals surface area (Å²) >= 11 is 5.90. The summed E-state index contributed by atoms with van der Waals surface area (Å²) in [7, 11) is 0. The van der Waals surface area contributed by atoms with E-state index in [4.69, 9.17) is 22.6 Å². The molecule has 0 bridgehead atoms. The first-order chi connectivity index (χ1) is 15.3. The Hall–Kier alpha value is -3.70. The number of hydrogen-bond acceptors (Lipinski definition) is 4. The summed E-state index contributed by atoms with van der Waals surface area (Å²) in [6.07, 6.45) is 0.174. The van der Waals surface area contributed by atoms with E-state index in [1.54, 1.807) is 21.7 Å². The minimum Gasteiger partial charge on any atom is -0.365 e. The average molecular weight is 452 g/mol. The van der Waals surface area contributed by atoms with Gasteiger partial charge in [0.05, 0.1) is 47.4 Å². The molecule has 32 heavy (non-hydrogen) atoms. The number of nitriles is 1. The van der Waals surface area contributed by atoms with Gasteiger partial charge in [0.2, 0.25) is 5.91 Å². The molecule has 1 aliphatic heterocycles. The van der Waals surface area contributed by atoms with Crippen molar-refractivity contribution in [1.82, 2.24) is 14.7 Å². The quantitative estimate of drug-likeness (QED) is 0.657. The molecule has 4 rings (SSSR count). The summed E-state index contributed by atoms with van der Waals surface area (Å²) in [5.74, 6) is -1.36. The van der Waals surface area contributed by atoms with Crippen LogP contribution in [0.15, 0.2) is 36.4 Å². The Bertz CT molecular complexity index is 1290. The molecule has 7 nitrogen and oxygen atoms in total. The van der Waals surface area contributed by atoms with E-state index >= 15 is 0 Å². The monoisotopic (exact) mass is 451 g/mol.